The van der Waals surface area contributed by atoms with E-state index in [9.17, 15) is 14.3 Å². The summed E-state index contributed by atoms with van der Waals surface area (Å²) < 4.78 is 19.9. The molecule has 3 aromatic carbocycles. The molecule has 2 atom stereocenters. The summed E-state index contributed by atoms with van der Waals surface area (Å²) in [7, 11) is 1.38. The van der Waals surface area contributed by atoms with Gasteiger partial charge in [0.05, 0.1) is 12.2 Å². The van der Waals surface area contributed by atoms with Gasteiger partial charge in [0.15, 0.2) is 11.7 Å². The van der Waals surface area contributed by atoms with Crippen molar-refractivity contribution in [1.29, 1.82) is 0 Å². The molecule has 1 aliphatic rings. The first-order valence-electron chi connectivity index (χ1n) is 9.12. The third kappa shape index (κ3) is 3.21. The summed E-state index contributed by atoms with van der Waals surface area (Å²) >= 11 is 5.85. The first-order valence-corrected chi connectivity index (χ1v) is 9.50. The number of hydrogen-bond acceptors (Lipinski definition) is 3. The fourth-order valence-electron chi connectivity index (χ4n) is 3.87. The Hall–Kier alpha value is -2.73. The zero-order valence-electron chi connectivity index (χ0n) is 15.7. The molecule has 1 amide bonds. The normalized spacial score (nSPS) is 21.2. The van der Waals surface area contributed by atoms with Crippen LogP contribution in [0.2, 0.25) is 5.02 Å². The number of anilines is 1. The maximum Gasteiger partial charge on any atom is 0.260 e. The second kappa shape index (κ2) is 7.59. The van der Waals surface area contributed by atoms with Crippen LogP contribution in [0.4, 0.5) is 10.1 Å². The monoisotopic (exact) mass is 411 g/mol. The summed E-state index contributed by atoms with van der Waals surface area (Å²) in [5, 5.41) is 12.0. The molecular weight excluding hydrogens is 393 g/mol. The van der Waals surface area contributed by atoms with E-state index in [2.05, 4.69) is 0 Å². The maximum absolute atomic E-state index is 14.4. The van der Waals surface area contributed by atoms with Crippen molar-refractivity contribution in [3.05, 3.63) is 100 Å². The molecule has 0 saturated heterocycles. The minimum Gasteiger partial charge on any atom is -0.377 e. The lowest BCUT2D eigenvalue weighted by atomic mass is 9.77. The molecular formula is C23H19ClFNO3. The van der Waals surface area contributed by atoms with Crippen LogP contribution in [0.5, 0.6) is 0 Å². The van der Waals surface area contributed by atoms with Gasteiger partial charge in [0, 0.05) is 23.3 Å². The highest BCUT2D eigenvalue weighted by molar-refractivity contribution is 6.30. The third-order valence-corrected chi connectivity index (χ3v) is 5.50. The molecule has 0 spiro atoms. The number of para-hydroxylation sites is 1. The SMILES string of the molecule is COC1C(=O)N(Cc2ccc(Cl)cc2F)c2ccccc2C1(O)c1ccccc1. The molecule has 29 heavy (non-hydrogen) atoms. The van der Waals surface area contributed by atoms with Crippen LogP contribution in [-0.2, 0) is 21.7 Å². The second-order valence-corrected chi connectivity index (χ2v) is 7.36. The van der Waals surface area contributed by atoms with E-state index < -0.39 is 23.4 Å². The van der Waals surface area contributed by atoms with E-state index in [0.29, 0.717) is 22.4 Å². The number of fused-ring (bicyclic) bond motifs is 1. The number of carbonyl (C=O) groups is 1. The molecule has 4 rings (SSSR count). The van der Waals surface area contributed by atoms with E-state index in [4.69, 9.17) is 16.3 Å². The lowest BCUT2D eigenvalue weighted by molar-refractivity contribution is -0.145. The molecule has 6 heteroatoms. The minimum absolute atomic E-state index is 0.0103. The van der Waals surface area contributed by atoms with Crippen molar-refractivity contribution in [3.8, 4) is 0 Å². The number of nitrogens with zero attached hydrogens (tertiary/aromatic N) is 1. The van der Waals surface area contributed by atoms with Crippen molar-refractivity contribution >= 4 is 23.2 Å². The van der Waals surface area contributed by atoms with Gasteiger partial charge in [-0.05, 0) is 23.8 Å². The first kappa shape index (κ1) is 19.6. The second-order valence-electron chi connectivity index (χ2n) is 6.93. The standard InChI is InChI=1S/C23H19ClFNO3/c1-29-21-22(27)26(14-15-11-12-17(24)13-19(15)25)20-10-6-5-9-18(20)23(21,28)16-7-3-2-4-8-16/h2-13,21,28H,14H2,1H3. The molecule has 0 bridgehead atoms. The molecule has 1 heterocycles. The number of amides is 1. The number of hydrogen-bond donors (Lipinski definition) is 1. The molecule has 0 aliphatic carbocycles. The highest BCUT2D eigenvalue weighted by Gasteiger charge is 2.52. The van der Waals surface area contributed by atoms with Crippen LogP contribution < -0.4 is 4.90 Å². The van der Waals surface area contributed by atoms with Gasteiger partial charge in [-0.15, -0.1) is 0 Å². The third-order valence-electron chi connectivity index (χ3n) is 5.27. The van der Waals surface area contributed by atoms with E-state index in [-0.39, 0.29) is 11.6 Å². The Kier molecular flexibility index (Phi) is 5.13. The molecule has 1 aliphatic heterocycles. The van der Waals surface area contributed by atoms with Gasteiger partial charge in [-0.3, -0.25) is 4.79 Å². The summed E-state index contributed by atoms with van der Waals surface area (Å²) in [5.74, 6) is -0.951. The van der Waals surface area contributed by atoms with Crippen molar-refractivity contribution < 1.29 is 19.0 Å². The van der Waals surface area contributed by atoms with E-state index in [1.54, 1.807) is 60.7 Å². The first-order chi connectivity index (χ1) is 14.0. The zero-order valence-corrected chi connectivity index (χ0v) is 16.4. The van der Waals surface area contributed by atoms with Crippen molar-refractivity contribution in [2.75, 3.05) is 12.0 Å². The molecule has 0 fully saturated rings. The van der Waals surface area contributed by atoms with Gasteiger partial charge in [-0.1, -0.05) is 66.2 Å². The maximum atomic E-state index is 14.4. The molecule has 4 nitrogen and oxygen atoms in total. The summed E-state index contributed by atoms with van der Waals surface area (Å²) in [6, 6.07) is 20.3. The molecule has 0 saturated carbocycles. The Balaban J connectivity index is 1.87. The van der Waals surface area contributed by atoms with Crippen LogP contribution in [-0.4, -0.2) is 24.2 Å². The fourth-order valence-corrected chi connectivity index (χ4v) is 4.02. The summed E-state index contributed by atoms with van der Waals surface area (Å²) in [5.41, 5.74) is 0.222. The lowest BCUT2D eigenvalue weighted by Crippen LogP contribution is -2.57. The van der Waals surface area contributed by atoms with Crippen LogP contribution >= 0.6 is 11.6 Å². The van der Waals surface area contributed by atoms with Crippen molar-refractivity contribution in [2.45, 2.75) is 18.2 Å². The number of ether oxygens (including phenoxy) is 1. The minimum atomic E-state index is -1.67. The molecule has 3 aromatic rings. The van der Waals surface area contributed by atoms with E-state index in [0.717, 1.165) is 0 Å². The van der Waals surface area contributed by atoms with Crippen LogP contribution in [0.1, 0.15) is 16.7 Å². The van der Waals surface area contributed by atoms with Gasteiger partial charge >= 0.3 is 0 Å². The zero-order chi connectivity index (χ0) is 20.6. The van der Waals surface area contributed by atoms with Gasteiger partial charge in [0.25, 0.3) is 5.91 Å². The summed E-state index contributed by atoms with van der Waals surface area (Å²) in [6.07, 6.45) is -1.19. The highest BCUT2D eigenvalue weighted by atomic mass is 35.5. The number of rotatable bonds is 4. The summed E-state index contributed by atoms with van der Waals surface area (Å²) in [4.78, 5) is 14.8. The molecule has 2 unspecified atom stereocenters. The Bertz CT molecular complexity index is 1060. The van der Waals surface area contributed by atoms with Crippen LogP contribution in [0.3, 0.4) is 0 Å². The van der Waals surface area contributed by atoms with Gasteiger partial charge in [0.2, 0.25) is 0 Å². The predicted molar refractivity (Wildman–Crippen MR) is 109 cm³/mol. The van der Waals surface area contributed by atoms with Gasteiger partial charge in [-0.25, -0.2) is 4.39 Å². The van der Waals surface area contributed by atoms with Gasteiger partial charge in [0.1, 0.15) is 5.82 Å². The molecule has 0 radical (unpaired) electrons. The molecule has 1 N–H and O–H groups in total. The Morgan fingerprint density at radius 1 is 1.10 bits per heavy atom. The van der Waals surface area contributed by atoms with E-state index >= 15 is 0 Å². The van der Waals surface area contributed by atoms with E-state index in [1.165, 1.54) is 18.1 Å². The smallest absolute Gasteiger partial charge is 0.260 e. The quantitative estimate of drug-likeness (QED) is 0.697. The van der Waals surface area contributed by atoms with Crippen LogP contribution in [0, 0.1) is 5.82 Å². The van der Waals surface area contributed by atoms with Crippen molar-refractivity contribution in [3.63, 3.8) is 0 Å². The van der Waals surface area contributed by atoms with Crippen LogP contribution in [0.25, 0.3) is 0 Å². The topological polar surface area (TPSA) is 49.8 Å². The molecule has 0 aromatic heterocycles. The highest BCUT2D eigenvalue weighted by Crippen LogP contribution is 2.45. The van der Waals surface area contributed by atoms with Crippen LogP contribution in [0.15, 0.2) is 72.8 Å². The number of methoxy groups -OCH3 is 1. The van der Waals surface area contributed by atoms with Gasteiger partial charge < -0.3 is 14.7 Å². The van der Waals surface area contributed by atoms with Crippen molar-refractivity contribution in [2.24, 2.45) is 0 Å². The lowest BCUT2D eigenvalue weighted by Gasteiger charge is -2.44. The molecule has 148 valence electrons. The Morgan fingerprint density at radius 3 is 2.48 bits per heavy atom. The summed E-state index contributed by atoms with van der Waals surface area (Å²) in [6.45, 7) is -0.0103. The van der Waals surface area contributed by atoms with Crippen molar-refractivity contribution in [1.82, 2.24) is 0 Å². The number of halogens is 2. The largest absolute Gasteiger partial charge is 0.377 e. The number of benzene rings is 3. The predicted octanol–water partition coefficient (Wildman–Crippen LogP) is 4.28. The average molecular weight is 412 g/mol. The van der Waals surface area contributed by atoms with Gasteiger partial charge in [-0.2, -0.15) is 0 Å². The fraction of sp³-hybridized carbons (Fsp3) is 0.174. The Labute approximate surface area is 173 Å². The van der Waals surface area contributed by atoms with E-state index in [1.807, 2.05) is 6.07 Å². The Morgan fingerprint density at radius 2 is 1.79 bits per heavy atom. The number of carbonyl (C=O) groups excluding carboxylic acids is 1. The average Bonchev–Trinajstić information content (AvgIpc) is 2.73. The number of aliphatic hydroxyl groups is 1.